The van der Waals surface area contributed by atoms with E-state index < -0.39 is 33.7 Å². The van der Waals surface area contributed by atoms with E-state index in [-0.39, 0.29) is 4.90 Å². The Hall–Kier alpha value is -1.09. The van der Waals surface area contributed by atoms with E-state index in [1.54, 1.807) is 0 Å². The summed E-state index contributed by atoms with van der Waals surface area (Å²) >= 11 is 2.99. The van der Waals surface area contributed by atoms with Crippen molar-refractivity contribution in [2.45, 2.75) is 11.1 Å². The highest BCUT2D eigenvalue weighted by Gasteiger charge is 2.47. The van der Waals surface area contributed by atoms with E-state index >= 15 is 0 Å². The predicted molar refractivity (Wildman–Crippen MR) is 63.4 cm³/mol. The van der Waals surface area contributed by atoms with Gasteiger partial charge in [-0.05, 0) is 18.2 Å². The number of halogens is 4. The molecule has 9 heteroatoms. The Labute approximate surface area is 115 Å². The van der Waals surface area contributed by atoms with Crippen LogP contribution in [0.15, 0.2) is 33.6 Å². The summed E-state index contributed by atoms with van der Waals surface area (Å²) in [5, 5.41) is 8.48. The summed E-state index contributed by atoms with van der Waals surface area (Å²) in [5.74, 6) is -6.69. The average molecular weight is 361 g/mol. The van der Waals surface area contributed by atoms with Crippen molar-refractivity contribution in [1.82, 2.24) is 0 Å². The van der Waals surface area contributed by atoms with Gasteiger partial charge in [0.05, 0.1) is 10.6 Å². The summed E-state index contributed by atoms with van der Waals surface area (Å²) < 4.78 is 61.2. The molecule has 0 saturated carbocycles. The Morgan fingerprint density at radius 2 is 1.95 bits per heavy atom. The normalized spacial score (nSPS) is 14.1. The minimum absolute atomic E-state index is 0.364. The van der Waals surface area contributed by atoms with E-state index in [2.05, 4.69) is 15.9 Å². The Balaban J connectivity index is 3.12. The van der Waals surface area contributed by atoms with Gasteiger partial charge in [-0.15, -0.1) is 0 Å². The lowest BCUT2D eigenvalue weighted by molar-refractivity contribution is -0.189. The Kier molecular flexibility index (Phi) is 4.62. The van der Waals surface area contributed by atoms with Crippen molar-refractivity contribution in [2.75, 3.05) is 5.75 Å². The molecule has 0 bridgehead atoms. The third-order valence-electron chi connectivity index (χ3n) is 2.23. The van der Waals surface area contributed by atoms with Crippen LogP contribution in [0, 0.1) is 5.92 Å². The number of carboxylic acids is 1. The van der Waals surface area contributed by atoms with Crippen LogP contribution in [-0.4, -0.2) is 31.4 Å². The highest BCUT2D eigenvalue weighted by molar-refractivity contribution is 9.10. The van der Waals surface area contributed by atoms with Gasteiger partial charge in [0.15, 0.2) is 15.8 Å². The first-order chi connectivity index (χ1) is 8.54. The lowest BCUT2D eigenvalue weighted by atomic mass is 10.2. The summed E-state index contributed by atoms with van der Waals surface area (Å²) in [6, 6.07) is 5.05. The van der Waals surface area contributed by atoms with Gasteiger partial charge in [-0.3, -0.25) is 4.79 Å². The number of aliphatic carboxylic acids is 1. The van der Waals surface area contributed by atoms with Gasteiger partial charge in [0.2, 0.25) is 0 Å². The molecule has 19 heavy (non-hydrogen) atoms. The predicted octanol–water partition coefficient (Wildman–Crippen LogP) is 2.49. The van der Waals surface area contributed by atoms with Crippen LogP contribution in [0.25, 0.3) is 0 Å². The molecule has 1 aromatic rings. The van der Waals surface area contributed by atoms with Crippen LogP contribution in [0.4, 0.5) is 13.2 Å². The van der Waals surface area contributed by atoms with Gasteiger partial charge in [0.1, 0.15) is 0 Å². The molecule has 0 radical (unpaired) electrons. The van der Waals surface area contributed by atoms with Gasteiger partial charge in [-0.2, -0.15) is 13.2 Å². The molecule has 4 nitrogen and oxygen atoms in total. The number of sulfone groups is 1. The molecule has 1 N–H and O–H groups in total. The van der Waals surface area contributed by atoms with Crippen molar-refractivity contribution >= 4 is 31.7 Å². The van der Waals surface area contributed by atoms with Crippen molar-refractivity contribution in [1.29, 1.82) is 0 Å². The van der Waals surface area contributed by atoms with Gasteiger partial charge < -0.3 is 5.11 Å². The van der Waals surface area contributed by atoms with E-state index in [4.69, 9.17) is 5.11 Å². The molecule has 0 aromatic heterocycles. The SMILES string of the molecule is O=C(O)C(CS(=O)(=O)c1cccc(Br)c1)C(F)(F)F. The quantitative estimate of drug-likeness (QED) is 0.895. The van der Waals surface area contributed by atoms with Gasteiger partial charge in [-0.1, -0.05) is 22.0 Å². The van der Waals surface area contributed by atoms with Gasteiger partial charge in [0.25, 0.3) is 0 Å². The Bertz CT molecular complexity index is 583. The lowest BCUT2D eigenvalue weighted by Gasteiger charge is -2.16. The lowest BCUT2D eigenvalue weighted by Crippen LogP contribution is -2.36. The number of carbonyl (C=O) groups is 1. The minimum Gasteiger partial charge on any atom is -0.481 e. The zero-order chi connectivity index (χ0) is 14.8. The fourth-order valence-electron chi connectivity index (χ4n) is 1.28. The van der Waals surface area contributed by atoms with Gasteiger partial charge in [0, 0.05) is 4.47 Å². The molecule has 0 aliphatic carbocycles. The Morgan fingerprint density at radius 1 is 1.37 bits per heavy atom. The number of hydrogen-bond donors (Lipinski definition) is 1. The summed E-state index contributed by atoms with van der Waals surface area (Å²) in [5.41, 5.74) is 0. The molecule has 0 saturated heterocycles. The first-order valence-corrected chi connectivity index (χ1v) is 7.26. The highest BCUT2D eigenvalue weighted by atomic mass is 79.9. The molecule has 1 unspecified atom stereocenters. The summed E-state index contributed by atoms with van der Waals surface area (Å²) in [6.07, 6.45) is -5.12. The molecule has 0 spiro atoms. The monoisotopic (exact) mass is 360 g/mol. The summed E-state index contributed by atoms with van der Waals surface area (Å²) in [7, 11) is -4.34. The number of carboxylic acid groups (broad SMARTS) is 1. The second-order valence-electron chi connectivity index (χ2n) is 3.67. The van der Waals surface area contributed by atoms with E-state index in [1.807, 2.05) is 0 Å². The second kappa shape index (κ2) is 5.49. The third-order valence-corrected chi connectivity index (χ3v) is 4.47. The molecule has 0 aliphatic rings. The molecular weight excluding hydrogens is 353 g/mol. The zero-order valence-electron chi connectivity index (χ0n) is 9.19. The molecule has 0 amide bonds. The van der Waals surface area contributed by atoms with E-state index in [0.717, 1.165) is 12.1 Å². The molecule has 1 rings (SSSR count). The van der Waals surface area contributed by atoms with Crippen molar-refractivity contribution < 1.29 is 31.5 Å². The van der Waals surface area contributed by atoms with Gasteiger partial charge >= 0.3 is 12.1 Å². The van der Waals surface area contributed by atoms with E-state index in [9.17, 15) is 26.4 Å². The molecule has 106 valence electrons. The number of rotatable bonds is 4. The number of alkyl halides is 3. The van der Waals surface area contributed by atoms with Crippen LogP contribution in [0.1, 0.15) is 0 Å². The van der Waals surface area contributed by atoms with E-state index in [1.165, 1.54) is 12.1 Å². The van der Waals surface area contributed by atoms with Crippen molar-refractivity contribution in [3.8, 4) is 0 Å². The number of benzene rings is 1. The maximum atomic E-state index is 12.4. The topological polar surface area (TPSA) is 71.4 Å². The average Bonchev–Trinajstić information content (AvgIpc) is 2.24. The van der Waals surface area contributed by atoms with Crippen molar-refractivity contribution in [3.05, 3.63) is 28.7 Å². The van der Waals surface area contributed by atoms with Gasteiger partial charge in [-0.25, -0.2) is 8.42 Å². The first-order valence-electron chi connectivity index (χ1n) is 4.82. The minimum atomic E-state index is -5.12. The largest absolute Gasteiger partial charge is 0.481 e. The van der Waals surface area contributed by atoms with Crippen LogP contribution in [0.3, 0.4) is 0 Å². The zero-order valence-corrected chi connectivity index (χ0v) is 11.6. The maximum Gasteiger partial charge on any atom is 0.403 e. The molecule has 0 aliphatic heterocycles. The fraction of sp³-hybridized carbons (Fsp3) is 0.300. The third kappa shape index (κ3) is 4.20. The van der Waals surface area contributed by atoms with Crippen LogP contribution >= 0.6 is 15.9 Å². The van der Waals surface area contributed by atoms with Crippen LogP contribution < -0.4 is 0 Å². The summed E-state index contributed by atoms with van der Waals surface area (Å²) in [4.78, 5) is 10.2. The molecule has 1 atom stereocenters. The fourth-order valence-corrected chi connectivity index (χ4v) is 3.39. The van der Waals surface area contributed by atoms with Crippen molar-refractivity contribution in [3.63, 3.8) is 0 Å². The van der Waals surface area contributed by atoms with E-state index in [0.29, 0.717) is 4.47 Å². The maximum absolute atomic E-state index is 12.4. The van der Waals surface area contributed by atoms with Crippen LogP contribution in [0.5, 0.6) is 0 Å². The second-order valence-corrected chi connectivity index (χ2v) is 6.62. The summed E-state index contributed by atoms with van der Waals surface area (Å²) in [6.45, 7) is 0. The van der Waals surface area contributed by atoms with Crippen LogP contribution in [-0.2, 0) is 14.6 Å². The smallest absolute Gasteiger partial charge is 0.403 e. The highest BCUT2D eigenvalue weighted by Crippen LogP contribution is 2.30. The molecule has 0 heterocycles. The first kappa shape index (κ1) is 16.0. The number of hydrogen-bond acceptors (Lipinski definition) is 3. The Morgan fingerprint density at radius 3 is 2.37 bits per heavy atom. The molecule has 0 fully saturated rings. The van der Waals surface area contributed by atoms with Crippen molar-refractivity contribution in [2.24, 2.45) is 5.92 Å². The standard InChI is InChI=1S/C10H8BrF3O4S/c11-6-2-1-3-7(4-6)19(17,18)5-8(9(15)16)10(12,13)14/h1-4,8H,5H2,(H,15,16). The molecular formula is C10H8BrF3O4S. The van der Waals surface area contributed by atoms with Crippen LogP contribution in [0.2, 0.25) is 0 Å². The molecule has 1 aromatic carbocycles.